The number of rotatable bonds is 5. The summed E-state index contributed by atoms with van der Waals surface area (Å²) in [5.74, 6) is 0.670. The number of carbonyl (C=O) groups excluding carboxylic acids is 1. The molecular formula is C17H12ClN5O2S. The van der Waals surface area contributed by atoms with Crippen LogP contribution in [-0.2, 0) is 4.79 Å². The fourth-order valence-electron chi connectivity index (χ4n) is 2.28. The van der Waals surface area contributed by atoms with E-state index in [-0.39, 0.29) is 11.7 Å². The third-order valence-corrected chi connectivity index (χ3v) is 4.64. The lowest BCUT2D eigenvalue weighted by atomic mass is 10.3. The normalized spacial score (nSPS) is 11.0. The van der Waals surface area contributed by atoms with Gasteiger partial charge in [-0.25, -0.2) is 0 Å². The number of aromatic nitrogens is 4. The molecule has 1 aromatic carbocycles. The van der Waals surface area contributed by atoms with E-state index < -0.39 is 0 Å². The van der Waals surface area contributed by atoms with Crippen LogP contribution in [0.25, 0.3) is 17.1 Å². The molecule has 9 heteroatoms. The van der Waals surface area contributed by atoms with Crippen molar-refractivity contribution >= 4 is 40.6 Å². The average Bonchev–Trinajstić information content (AvgIpc) is 3.31. The summed E-state index contributed by atoms with van der Waals surface area (Å²) in [5.41, 5.74) is 1.94. The zero-order valence-electron chi connectivity index (χ0n) is 13.3. The molecule has 130 valence electrons. The average molecular weight is 386 g/mol. The zero-order valence-corrected chi connectivity index (χ0v) is 14.9. The van der Waals surface area contributed by atoms with Gasteiger partial charge >= 0.3 is 0 Å². The van der Waals surface area contributed by atoms with Gasteiger partial charge in [-0.3, -0.25) is 4.79 Å². The highest BCUT2D eigenvalue weighted by Gasteiger charge is 2.12. The number of halogens is 1. The Balaban J connectivity index is 1.47. The summed E-state index contributed by atoms with van der Waals surface area (Å²) in [7, 11) is 0. The van der Waals surface area contributed by atoms with Crippen LogP contribution in [0.5, 0.6) is 0 Å². The van der Waals surface area contributed by atoms with Gasteiger partial charge in [0.25, 0.3) is 0 Å². The van der Waals surface area contributed by atoms with Crippen LogP contribution >= 0.6 is 23.4 Å². The summed E-state index contributed by atoms with van der Waals surface area (Å²) in [6.07, 6.45) is 1.59. The van der Waals surface area contributed by atoms with Gasteiger partial charge < -0.3 is 9.73 Å². The lowest BCUT2D eigenvalue weighted by molar-refractivity contribution is -0.113. The number of amides is 1. The molecule has 0 bridgehead atoms. The van der Waals surface area contributed by atoms with Crippen LogP contribution in [0.4, 0.5) is 5.69 Å². The van der Waals surface area contributed by atoms with Crippen molar-refractivity contribution in [3.8, 4) is 11.5 Å². The van der Waals surface area contributed by atoms with Crippen LogP contribution in [0.2, 0.25) is 5.02 Å². The minimum absolute atomic E-state index is 0.156. The minimum atomic E-state index is -0.156. The standard InChI is InChI=1S/C17H12ClN5O2S/c18-11-3-5-12(6-4-11)19-16(24)10-26-17-21-20-15-8-7-13(22-23(15)17)14-2-1-9-25-14/h1-9H,10H2,(H,19,24). The smallest absolute Gasteiger partial charge is 0.234 e. The van der Waals surface area contributed by atoms with Gasteiger partial charge in [0.05, 0.1) is 12.0 Å². The fraction of sp³-hybridized carbons (Fsp3) is 0.0588. The molecule has 1 N–H and O–H groups in total. The number of thioether (sulfide) groups is 1. The Morgan fingerprint density at radius 2 is 2.00 bits per heavy atom. The monoisotopic (exact) mass is 385 g/mol. The summed E-state index contributed by atoms with van der Waals surface area (Å²) in [6, 6.07) is 14.2. The number of furan rings is 1. The van der Waals surface area contributed by atoms with Crippen molar-refractivity contribution in [2.75, 3.05) is 11.1 Å². The molecule has 0 aliphatic heterocycles. The minimum Gasteiger partial charge on any atom is -0.463 e. The number of benzene rings is 1. The third-order valence-electron chi connectivity index (χ3n) is 3.47. The van der Waals surface area contributed by atoms with Crippen LogP contribution in [0.1, 0.15) is 0 Å². The van der Waals surface area contributed by atoms with Crippen molar-refractivity contribution in [2.45, 2.75) is 5.16 Å². The lowest BCUT2D eigenvalue weighted by Gasteiger charge is -2.04. The summed E-state index contributed by atoms with van der Waals surface area (Å²) < 4.78 is 6.96. The SMILES string of the molecule is O=C(CSc1nnc2ccc(-c3ccco3)nn12)Nc1ccc(Cl)cc1. The van der Waals surface area contributed by atoms with Crippen molar-refractivity contribution in [1.82, 2.24) is 19.8 Å². The Bertz CT molecular complexity index is 1050. The van der Waals surface area contributed by atoms with Gasteiger partial charge in [0, 0.05) is 10.7 Å². The number of hydrogen-bond acceptors (Lipinski definition) is 6. The van der Waals surface area contributed by atoms with E-state index in [9.17, 15) is 4.79 Å². The molecule has 4 rings (SSSR count). The van der Waals surface area contributed by atoms with Crippen LogP contribution in [-0.4, -0.2) is 31.5 Å². The summed E-state index contributed by atoms with van der Waals surface area (Å²) in [5, 5.41) is 16.6. The zero-order chi connectivity index (χ0) is 17.9. The summed E-state index contributed by atoms with van der Waals surface area (Å²) in [6.45, 7) is 0. The maximum absolute atomic E-state index is 12.1. The van der Waals surface area contributed by atoms with Crippen molar-refractivity contribution in [3.63, 3.8) is 0 Å². The number of fused-ring (bicyclic) bond motifs is 1. The molecule has 0 saturated heterocycles. The summed E-state index contributed by atoms with van der Waals surface area (Å²) >= 11 is 7.08. The second-order valence-corrected chi connectivity index (χ2v) is 6.67. The Hall–Kier alpha value is -2.84. The molecule has 0 unspecified atom stereocenters. The Morgan fingerprint density at radius 1 is 1.15 bits per heavy atom. The van der Waals surface area contributed by atoms with E-state index in [2.05, 4.69) is 20.6 Å². The number of nitrogens with one attached hydrogen (secondary N) is 1. The molecule has 3 heterocycles. The molecule has 26 heavy (non-hydrogen) atoms. The lowest BCUT2D eigenvalue weighted by Crippen LogP contribution is -2.14. The highest BCUT2D eigenvalue weighted by atomic mass is 35.5. The van der Waals surface area contributed by atoms with Gasteiger partial charge in [-0.1, -0.05) is 23.4 Å². The van der Waals surface area contributed by atoms with Crippen molar-refractivity contribution in [3.05, 3.63) is 59.8 Å². The van der Waals surface area contributed by atoms with Gasteiger partial charge in [0.1, 0.15) is 5.69 Å². The third kappa shape index (κ3) is 3.56. The van der Waals surface area contributed by atoms with Crippen molar-refractivity contribution in [1.29, 1.82) is 0 Å². The Morgan fingerprint density at radius 3 is 2.77 bits per heavy atom. The second-order valence-electron chi connectivity index (χ2n) is 5.29. The topological polar surface area (TPSA) is 85.3 Å². The molecule has 0 atom stereocenters. The van der Waals surface area contributed by atoms with Crippen LogP contribution in [0.3, 0.4) is 0 Å². The maximum Gasteiger partial charge on any atom is 0.234 e. The number of hydrogen-bond donors (Lipinski definition) is 1. The van der Waals surface area contributed by atoms with E-state index in [0.29, 0.717) is 33.0 Å². The first-order valence-corrected chi connectivity index (χ1v) is 9.00. The highest BCUT2D eigenvalue weighted by molar-refractivity contribution is 7.99. The van der Waals surface area contributed by atoms with Gasteiger partial charge in [-0.15, -0.1) is 10.2 Å². The molecule has 7 nitrogen and oxygen atoms in total. The van der Waals surface area contributed by atoms with Gasteiger partial charge in [-0.05, 0) is 48.5 Å². The second kappa shape index (κ2) is 7.19. The number of anilines is 1. The van der Waals surface area contributed by atoms with E-state index in [0.717, 1.165) is 0 Å². The number of nitrogens with zero attached hydrogens (tertiary/aromatic N) is 4. The van der Waals surface area contributed by atoms with Crippen molar-refractivity contribution in [2.24, 2.45) is 0 Å². The Kier molecular flexibility index (Phi) is 4.59. The molecule has 0 spiro atoms. The first kappa shape index (κ1) is 16.6. The fourth-order valence-corrected chi connectivity index (χ4v) is 3.09. The molecule has 0 fully saturated rings. The molecular weight excluding hydrogens is 374 g/mol. The Labute approximate surface area is 157 Å². The van der Waals surface area contributed by atoms with Crippen LogP contribution in [0.15, 0.2) is 64.4 Å². The first-order valence-electron chi connectivity index (χ1n) is 7.63. The quantitative estimate of drug-likeness (QED) is 0.526. The first-order chi connectivity index (χ1) is 12.7. The van der Waals surface area contributed by atoms with Gasteiger partial charge in [0.2, 0.25) is 11.1 Å². The largest absolute Gasteiger partial charge is 0.463 e. The molecule has 0 aliphatic rings. The van der Waals surface area contributed by atoms with E-state index in [1.54, 1.807) is 47.2 Å². The van der Waals surface area contributed by atoms with Gasteiger partial charge in [-0.2, -0.15) is 9.61 Å². The van der Waals surface area contributed by atoms with E-state index in [1.165, 1.54) is 11.8 Å². The molecule has 4 aromatic rings. The maximum atomic E-state index is 12.1. The summed E-state index contributed by atoms with van der Waals surface area (Å²) in [4.78, 5) is 12.1. The van der Waals surface area contributed by atoms with Gasteiger partial charge in [0.15, 0.2) is 11.4 Å². The van der Waals surface area contributed by atoms with E-state index in [1.807, 2.05) is 12.1 Å². The highest BCUT2D eigenvalue weighted by Crippen LogP contribution is 2.21. The van der Waals surface area contributed by atoms with Crippen LogP contribution < -0.4 is 5.32 Å². The van der Waals surface area contributed by atoms with E-state index in [4.69, 9.17) is 16.0 Å². The van der Waals surface area contributed by atoms with Crippen molar-refractivity contribution < 1.29 is 9.21 Å². The predicted molar refractivity (Wildman–Crippen MR) is 99.3 cm³/mol. The molecule has 0 aliphatic carbocycles. The van der Waals surface area contributed by atoms with E-state index >= 15 is 0 Å². The molecule has 3 aromatic heterocycles. The molecule has 1 amide bonds. The predicted octanol–water partition coefficient (Wildman–Crippen LogP) is 3.77. The number of carbonyl (C=O) groups is 1. The molecule has 0 radical (unpaired) electrons. The van der Waals surface area contributed by atoms with Crippen LogP contribution in [0, 0.1) is 0 Å². The molecule has 0 saturated carbocycles.